The van der Waals surface area contributed by atoms with Gasteiger partial charge >= 0.3 is 5.97 Å². The van der Waals surface area contributed by atoms with E-state index < -0.39 is 15.0 Å². The molecular weight excluding hydrogens is 497 g/mol. The van der Waals surface area contributed by atoms with Gasteiger partial charge in [0.2, 0.25) is 0 Å². The molecular formula is C24H21Cl2N3O4S. The molecule has 7 nitrogen and oxygen atoms in total. The number of esters is 1. The highest BCUT2D eigenvalue weighted by molar-refractivity contribution is 8.13. The number of carbonyl (C=O) groups is 1. The Morgan fingerprint density at radius 1 is 0.941 bits per heavy atom. The molecule has 0 saturated heterocycles. The maximum absolute atomic E-state index is 11.9. The number of azo groups is 1. The topological polar surface area (TPSA) is 88.4 Å². The summed E-state index contributed by atoms with van der Waals surface area (Å²) in [6.07, 6.45) is 3.05. The maximum atomic E-state index is 11.9. The number of rotatable bonds is 9. The van der Waals surface area contributed by atoms with Gasteiger partial charge in [0, 0.05) is 34.5 Å². The van der Waals surface area contributed by atoms with E-state index in [4.69, 9.17) is 27.0 Å². The molecule has 34 heavy (non-hydrogen) atoms. The Morgan fingerprint density at radius 3 is 2.06 bits per heavy atom. The summed E-state index contributed by atoms with van der Waals surface area (Å²) in [6.45, 7) is 0.743. The van der Waals surface area contributed by atoms with Gasteiger partial charge < -0.3 is 9.64 Å². The smallest absolute Gasteiger partial charge is 0.330 e. The molecule has 10 heteroatoms. The molecule has 0 atom stereocenters. The van der Waals surface area contributed by atoms with E-state index in [1.54, 1.807) is 30.3 Å². The lowest BCUT2D eigenvalue weighted by atomic mass is 10.2. The molecule has 3 aromatic carbocycles. The third kappa shape index (κ3) is 7.98. The van der Waals surface area contributed by atoms with Crippen LogP contribution in [0, 0.1) is 0 Å². The number of hydrogen-bond donors (Lipinski definition) is 0. The highest BCUT2D eigenvalue weighted by Crippen LogP contribution is 2.23. The van der Waals surface area contributed by atoms with E-state index in [0.29, 0.717) is 22.9 Å². The van der Waals surface area contributed by atoms with Crippen LogP contribution in [0.25, 0.3) is 6.08 Å². The van der Waals surface area contributed by atoms with Crippen molar-refractivity contribution >= 4 is 60.4 Å². The molecule has 0 spiro atoms. The van der Waals surface area contributed by atoms with Gasteiger partial charge in [-0.05, 0) is 72.3 Å². The molecule has 0 unspecified atom stereocenters. The predicted molar refractivity (Wildman–Crippen MR) is 135 cm³/mol. The van der Waals surface area contributed by atoms with Crippen molar-refractivity contribution < 1.29 is 17.9 Å². The monoisotopic (exact) mass is 517 g/mol. The Bertz CT molecular complexity index is 1280. The van der Waals surface area contributed by atoms with Crippen LogP contribution in [-0.2, 0) is 18.6 Å². The lowest BCUT2D eigenvalue weighted by molar-refractivity contribution is -0.137. The highest BCUT2D eigenvalue weighted by Gasteiger charge is 2.08. The van der Waals surface area contributed by atoms with Crippen LogP contribution >= 0.6 is 22.3 Å². The second kappa shape index (κ2) is 11.8. The van der Waals surface area contributed by atoms with Crippen LogP contribution < -0.4 is 4.90 Å². The van der Waals surface area contributed by atoms with Crippen LogP contribution in [0.15, 0.2) is 94.0 Å². The number of hydrogen-bond acceptors (Lipinski definition) is 7. The molecule has 0 bridgehead atoms. The van der Waals surface area contributed by atoms with Gasteiger partial charge in [-0.2, -0.15) is 10.2 Å². The first kappa shape index (κ1) is 25.4. The lowest BCUT2D eigenvalue weighted by Crippen LogP contribution is -2.23. The number of anilines is 1. The van der Waals surface area contributed by atoms with Crippen molar-refractivity contribution in [2.45, 2.75) is 4.90 Å². The van der Waals surface area contributed by atoms with E-state index in [1.165, 1.54) is 30.3 Å². The van der Waals surface area contributed by atoms with Crippen LogP contribution in [0.1, 0.15) is 5.56 Å². The molecule has 0 fully saturated rings. The van der Waals surface area contributed by atoms with Gasteiger partial charge in [0.25, 0.3) is 9.05 Å². The first-order valence-corrected chi connectivity index (χ1v) is 12.8. The highest BCUT2D eigenvalue weighted by atomic mass is 35.7. The second-order valence-corrected chi connectivity index (χ2v) is 10.1. The number of ether oxygens (including phenoxy) is 1. The van der Waals surface area contributed by atoms with E-state index >= 15 is 0 Å². The number of halogens is 2. The van der Waals surface area contributed by atoms with Crippen molar-refractivity contribution in [1.82, 2.24) is 0 Å². The summed E-state index contributed by atoms with van der Waals surface area (Å²) in [6, 6.07) is 20.3. The zero-order chi connectivity index (χ0) is 24.6. The minimum atomic E-state index is -3.77. The van der Waals surface area contributed by atoms with Crippen molar-refractivity contribution in [3.05, 3.63) is 89.5 Å². The van der Waals surface area contributed by atoms with Gasteiger partial charge in [0.1, 0.15) is 6.61 Å². The Labute approximate surface area is 207 Å². The molecule has 0 aliphatic rings. The van der Waals surface area contributed by atoms with Gasteiger partial charge in [-0.15, -0.1) is 0 Å². The Hall–Kier alpha value is -3.20. The van der Waals surface area contributed by atoms with Gasteiger partial charge in [0.15, 0.2) is 0 Å². The van der Waals surface area contributed by atoms with Gasteiger partial charge in [-0.25, -0.2) is 13.2 Å². The summed E-state index contributed by atoms with van der Waals surface area (Å²) >= 11 is 5.84. The Morgan fingerprint density at radius 2 is 1.50 bits per heavy atom. The van der Waals surface area contributed by atoms with Crippen molar-refractivity contribution in [1.29, 1.82) is 0 Å². The van der Waals surface area contributed by atoms with Crippen LogP contribution in [-0.4, -0.2) is 34.6 Å². The molecule has 0 amide bonds. The minimum absolute atomic E-state index is 0.00349. The molecule has 0 radical (unpaired) electrons. The zero-order valence-corrected chi connectivity index (χ0v) is 20.5. The molecule has 3 aromatic rings. The first-order chi connectivity index (χ1) is 16.2. The Kier molecular flexibility index (Phi) is 8.81. The van der Waals surface area contributed by atoms with Crippen LogP contribution in [0.3, 0.4) is 0 Å². The minimum Gasteiger partial charge on any atom is -0.461 e. The summed E-state index contributed by atoms with van der Waals surface area (Å²) in [5.74, 6) is -0.421. The normalized spacial score (nSPS) is 11.7. The SMILES string of the molecule is CN(CCOC(=O)/C=C/c1ccc(Cl)cc1)c1ccc(N=Nc2ccc(S(=O)(=O)Cl)cc2)cc1. The van der Waals surface area contributed by atoms with Gasteiger partial charge in [0.05, 0.1) is 22.8 Å². The van der Waals surface area contributed by atoms with Crippen LogP contribution in [0.5, 0.6) is 0 Å². The van der Waals surface area contributed by atoms with Crippen LogP contribution in [0.2, 0.25) is 5.02 Å². The third-order valence-corrected chi connectivity index (χ3v) is 6.26. The summed E-state index contributed by atoms with van der Waals surface area (Å²) in [5, 5.41) is 8.87. The third-order valence-electron chi connectivity index (χ3n) is 4.64. The molecule has 0 aromatic heterocycles. The fraction of sp³-hybridized carbons (Fsp3) is 0.125. The van der Waals surface area contributed by atoms with Crippen molar-refractivity contribution in [2.24, 2.45) is 10.2 Å². The summed E-state index contributed by atoms with van der Waals surface area (Å²) in [7, 11) is 3.42. The predicted octanol–water partition coefficient (Wildman–Crippen LogP) is 6.38. The first-order valence-electron chi connectivity index (χ1n) is 10.1. The number of carbonyl (C=O) groups excluding carboxylic acids is 1. The van der Waals surface area contributed by atoms with Gasteiger partial charge in [-0.3, -0.25) is 0 Å². The average Bonchev–Trinajstić information content (AvgIpc) is 2.82. The summed E-state index contributed by atoms with van der Waals surface area (Å²) in [5.41, 5.74) is 2.90. The molecule has 0 aliphatic carbocycles. The molecule has 0 saturated carbocycles. The van der Waals surface area contributed by atoms with Gasteiger partial charge in [-0.1, -0.05) is 23.7 Å². The van der Waals surface area contributed by atoms with Crippen LogP contribution in [0.4, 0.5) is 17.1 Å². The van der Waals surface area contributed by atoms with Crippen molar-refractivity contribution in [3.8, 4) is 0 Å². The molecule has 0 N–H and O–H groups in total. The summed E-state index contributed by atoms with van der Waals surface area (Å²) in [4.78, 5) is 13.8. The van der Waals surface area contributed by atoms with Crippen molar-refractivity contribution in [2.75, 3.05) is 25.1 Å². The van der Waals surface area contributed by atoms with E-state index in [1.807, 2.05) is 36.2 Å². The zero-order valence-electron chi connectivity index (χ0n) is 18.1. The van der Waals surface area contributed by atoms with Crippen molar-refractivity contribution in [3.63, 3.8) is 0 Å². The number of nitrogens with zero attached hydrogens (tertiary/aromatic N) is 3. The van der Waals surface area contributed by atoms with E-state index in [-0.39, 0.29) is 11.5 Å². The summed E-state index contributed by atoms with van der Waals surface area (Å²) < 4.78 is 27.8. The maximum Gasteiger partial charge on any atom is 0.330 e. The van der Waals surface area contributed by atoms with E-state index in [0.717, 1.165) is 11.3 Å². The lowest BCUT2D eigenvalue weighted by Gasteiger charge is -2.18. The molecule has 0 aliphatic heterocycles. The molecule has 0 heterocycles. The number of benzene rings is 3. The standard InChI is InChI=1S/C24H21Cl2N3O4S/c1-29(16-17-33-24(30)15-4-18-2-5-19(25)6-3-18)22-11-7-20(8-12-22)27-28-21-9-13-23(14-10-21)34(26,31)32/h2-15H,16-17H2,1H3/b15-4+,28-27?. The second-order valence-electron chi connectivity index (χ2n) is 7.12. The molecule has 3 rings (SSSR count). The number of likely N-dealkylation sites (N-methyl/N-ethyl adjacent to an activating group) is 1. The fourth-order valence-electron chi connectivity index (χ4n) is 2.76. The quantitative estimate of drug-likeness (QED) is 0.142. The van der Waals surface area contributed by atoms with E-state index in [2.05, 4.69) is 10.2 Å². The van der Waals surface area contributed by atoms with E-state index in [9.17, 15) is 13.2 Å². The largest absolute Gasteiger partial charge is 0.461 e. The average molecular weight is 518 g/mol. The Balaban J connectivity index is 1.47. The molecule has 176 valence electrons. The fourth-order valence-corrected chi connectivity index (χ4v) is 3.66.